The van der Waals surface area contributed by atoms with Crippen LogP contribution in [0.25, 0.3) is 0 Å². The number of nitrogens with zero attached hydrogens (tertiary/aromatic N) is 4. The van der Waals surface area contributed by atoms with E-state index in [2.05, 4.69) is 33.0 Å². The Morgan fingerprint density at radius 3 is 2.51 bits per heavy atom. The molecule has 0 saturated carbocycles. The van der Waals surface area contributed by atoms with Crippen molar-refractivity contribution < 1.29 is 19.1 Å². The molecule has 0 atom stereocenters. The van der Waals surface area contributed by atoms with E-state index in [-0.39, 0.29) is 11.9 Å². The Hall–Kier alpha value is -3.61. The smallest absolute Gasteiger partial charge is 0.350 e. The van der Waals surface area contributed by atoms with Crippen molar-refractivity contribution in [2.24, 2.45) is 0 Å². The number of hydrogen-bond donors (Lipinski definition) is 3. The van der Waals surface area contributed by atoms with Gasteiger partial charge in [-0.1, -0.05) is 23.5 Å². The van der Waals surface area contributed by atoms with E-state index < -0.39 is 0 Å². The summed E-state index contributed by atoms with van der Waals surface area (Å²) in [6.07, 6.45) is 0. The molecule has 0 radical (unpaired) electrons. The zero-order chi connectivity index (χ0) is 26.4. The minimum absolute atomic E-state index is 0.301. The third-order valence-corrected chi connectivity index (χ3v) is 7.21. The van der Waals surface area contributed by atoms with Crippen molar-refractivity contribution in [2.75, 3.05) is 57.6 Å². The van der Waals surface area contributed by atoms with Gasteiger partial charge in [0, 0.05) is 19.6 Å². The van der Waals surface area contributed by atoms with Gasteiger partial charge in [-0.3, -0.25) is 9.80 Å². The number of aryl methyl sites for hydroxylation is 1. The van der Waals surface area contributed by atoms with Gasteiger partial charge in [0.2, 0.25) is 11.8 Å². The molecule has 2 aromatic heterocycles. The van der Waals surface area contributed by atoms with Crippen LogP contribution >= 0.6 is 11.3 Å². The molecular weight excluding hydrogens is 494 g/mol. The second-order valence-corrected chi connectivity index (χ2v) is 9.85. The summed E-state index contributed by atoms with van der Waals surface area (Å²) in [5.41, 5.74) is 2.08. The van der Waals surface area contributed by atoms with Crippen LogP contribution in [0.4, 0.5) is 22.7 Å². The molecule has 11 nitrogen and oxygen atoms in total. The lowest BCUT2D eigenvalue weighted by molar-refractivity contribution is 0.0529. The first-order chi connectivity index (χ1) is 17.8. The predicted molar refractivity (Wildman–Crippen MR) is 144 cm³/mol. The van der Waals surface area contributed by atoms with E-state index in [1.807, 2.05) is 18.2 Å². The number of likely N-dealkylation sites (N-methyl/N-ethyl adjacent to an activating group) is 1. The molecule has 4 rings (SSSR count). The first-order valence-electron chi connectivity index (χ1n) is 12.1. The number of nitrogens with one attached hydrogen (secondary N) is 3. The average Bonchev–Trinajstić information content (AvgIpc) is 3.27. The summed E-state index contributed by atoms with van der Waals surface area (Å²) in [5, 5.41) is 10.5. The van der Waals surface area contributed by atoms with E-state index >= 15 is 0 Å². The minimum atomic E-state index is -0.389. The third-order valence-electron chi connectivity index (χ3n) is 6.15. The highest BCUT2D eigenvalue weighted by Gasteiger charge is 2.30. The first-order valence-corrected chi connectivity index (χ1v) is 12.9. The van der Waals surface area contributed by atoms with E-state index in [1.54, 1.807) is 26.0 Å². The Kier molecular flexibility index (Phi) is 8.31. The van der Waals surface area contributed by atoms with Gasteiger partial charge < -0.3 is 20.1 Å². The molecule has 0 aliphatic carbocycles. The quantitative estimate of drug-likeness (QED) is 0.283. The highest BCUT2D eigenvalue weighted by Crippen LogP contribution is 2.29. The SMILES string of the molecule is CCOC(=O)c1sc(Nc2nc(NCc3ccc(C(=O)OC)cc3)cc([N+]3(C)CCNCC3)n2)nc1C. The van der Waals surface area contributed by atoms with Gasteiger partial charge in [-0.2, -0.15) is 9.97 Å². The largest absolute Gasteiger partial charge is 0.465 e. The topological polar surface area (TPSA) is 127 Å². The van der Waals surface area contributed by atoms with Gasteiger partial charge in [-0.15, -0.1) is 0 Å². The summed E-state index contributed by atoms with van der Waals surface area (Å²) in [7, 11) is 3.52. The summed E-state index contributed by atoms with van der Waals surface area (Å²) < 4.78 is 10.6. The number of benzene rings is 1. The summed E-state index contributed by atoms with van der Waals surface area (Å²) in [6.45, 7) is 7.94. The summed E-state index contributed by atoms with van der Waals surface area (Å²) in [5.74, 6) is 1.16. The van der Waals surface area contributed by atoms with Crippen molar-refractivity contribution in [1.82, 2.24) is 24.8 Å². The molecule has 0 spiro atoms. The molecule has 0 bridgehead atoms. The van der Waals surface area contributed by atoms with Crippen LogP contribution in [0.15, 0.2) is 30.3 Å². The molecule has 1 aromatic carbocycles. The van der Waals surface area contributed by atoms with E-state index in [0.717, 1.165) is 37.6 Å². The van der Waals surface area contributed by atoms with Crippen molar-refractivity contribution >= 4 is 46.0 Å². The average molecular weight is 527 g/mol. The van der Waals surface area contributed by atoms with Crippen molar-refractivity contribution in [3.05, 3.63) is 52.0 Å². The zero-order valence-electron chi connectivity index (χ0n) is 21.5. The monoisotopic (exact) mass is 526 g/mol. The van der Waals surface area contributed by atoms with Crippen LogP contribution in [0.3, 0.4) is 0 Å². The fourth-order valence-corrected chi connectivity index (χ4v) is 4.83. The molecule has 3 heterocycles. The number of hydrogen-bond acceptors (Lipinski definition) is 11. The number of carbonyl (C=O) groups excluding carboxylic acids is 2. The zero-order valence-corrected chi connectivity index (χ0v) is 22.3. The van der Waals surface area contributed by atoms with E-state index in [0.29, 0.717) is 50.7 Å². The Morgan fingerprint density at radius 2 is 1.84 bits per heavy atom. The van der Waals surface area contributed by atoms with Crippen LogP contribution in [0.1, 0.15) is 38.2 Å². The number of quaternary nitrogens is 1. The van der Waals surface area contributed by atoms with E-state index in [9.17, 15) is 9.59 Å². The first kappa shape index (κ1) is 26.5. The Balaban J connectivity index is 1.58. The van der Waals surface area contributed by atoms with Gasteiger partial charge in [0.05, 0.1) is 51.2 Å². The normalized spacial score (nSPS) is 14.6. The third kappa shape index (κ3) is 6.40. The lowest BCUT2D eigenvalue weighted by atomic mass is 10.1. The molecule has 1 saturated heterocycles. The maximum Gasteiger partial charge on any atom is 0.350 e. The number of ether oxygens (including phenoxy) is 2. The number of carbonyl (C=O) groups is 2. The van der Waals surface area contributed by atoms with Crippen molar-refractivity contribution in [1.29, 1.82) is 0 Å². The van der Waals surface area contributed by atoms with Gasteiger partial charge in [0.1, 0.15) is 10.7 Å². The number of esters is 2. The Labute approximate surface area is 219 Å². The Bertz CT molecular complexity index is 1260. The molecule has 3 aromatic rings. The van der Waals surface area contributed by atoms with Gasteiger partial charge >= 0.3 is 11.9 Å². The van der Waals surface area contributed by atoms with Crippen molar-refractivity contribution in [2.45, 2.75) is 20.4 Å². The summed E-state index contributed by atoms with van der Waals surface area (Å²) in [4.78, 5) is 38.3. The van der Waals surface area contributed by atoms with Crippen LogP contribution in [-0.4, -0.2) is 73.8 Å². The minimum Gasteiger partial charge on any atom is -0.465 e. The van der Waals surface area contributed by atoms with Crippen LogP contribution in [0, 0.1) is 6.92 Å². The molecule has 3 N–H and O–H groups in total. The molecular formula is C25H32N7O4S+. The molecule has 37 heavy (non-hydrogen) atoms. The van der Waals surface area contributed by atoms with Crippen molar-refractivity contribution in [3.63, 3.8) is 0 Å². The van der Waals surface area contributed by atoms with Crippen molar-refractivity contribution in [3.8, 4) is 0 Å². The fraction of sp³-hybridized carbons (Fsp3) is 0.400. The van der Waals surface area contributed by atoms with Crippen LogP contribution < -0.4 is 20.4 Å². The summed E-state index contributed by atoms with van der Waals surface area (Å²) >= 11 is 1.21. The second kappa shape index (κ2) is 11.6. The van der Waals surface area contributed by atoms with Crippen LogP contribution in [0.2, 0.25) is 0 Å². The standard InChI is InChI=1S/C25H31N7O4S/c1-5-36-23(34)21-16(2)28-25(37-21)31-24-29-19(14-20(30-24)32(3)12-10-26-11-13-32)27-15-17-6-8-18(9-7-17)22(33)35-4/h6-9,14,26H,5,10-13,15H2,1-4H3,(H-,27,28,29,30,31,34)/p+1. The molecule has 1 aliphatic heterocycles. The van der Waals surface area contributed by atoms with Crippen LogP contribution in [-0.2, 0) is 16.0 Å². The number of aromatic nitrogens is 3. The summed E-state index contributed by atoms with van der Waals surface area (Å²) in [6, 6.07) is 9.19. The molecule has 0 unspecified atom stereocenters. The van der Waals surface area contributed by atoms with Gasteiger partial charge in [0.15, 0.2) is 5.13 Å². The number of rotatable bonds is 9. The molecule has 0 amide bonds. The fourth-order valence-electron chi connectivity index (χ4n) is 3.98. The predicted octanol–water partition coefficient (Wildman–Crippen LogP) is 3.10. The maximum atomic E-state index is 12.2. The van der Waals surface area contributed by atoms with Crippen LogP contribution in [0.5, 0.6) is 0 Å². The number of piperazine rings is 1. The van der Waals surface area contributed by atoms with E-state index in [4.69, 9.17) is 14.5 Å². The van der Waals surface area contributed by atoms with E-state index in [1.165, 1.54) is 18.4 Å². The van der Waals surface area contributed by atoms with Gasteiger partial charge in [-0.25, -0.2) is 14.6 Å². The maximum absolute atomic E-state index is 12.2. The highest BCUT2D eigenvalue weighted by molar-refractivity contribution is 7.17. The lowest BCUT2D eigenvalue weighted by Gasteiger charge is -2.36. The molecule has 1 aliphatic rings. The molecule has 196 valence electrons. The Morgan fingerprint density at radius 1 is 1.11 bits per heavy atom. The number of thiazole rings is 1. The number of anilines is 3. The van der Waals surface area contributed by atoms with Gasteiger partial charge in [0.25, 0.3) is 0 Å². The van der Waals surface area contributed by atoms with Gasteiger partial charge in [-0.05, 0) is 31.5 Å². The number of methoxy groups -OCH3 is 1. The lowest BCUT2D eigenvalue weighted by Crippen LogP contribution is -2.57. The highest BCUT2D eigenvalue weighted by atomic mass is 32.1. The molecule has 12 heteroatoms. The second-order valence-electron chi connectivity index (χ2n) is 8.85. The molecule has 1 fully saturated rings.